The predicted molar refractivity (Wildman–Crippen MR) is 154 cm³/mol. The van der Waals surface area contributed by atoms with E-state index >= 15 is 0 Å². The van der Waals surface area contributed by atoms with Crippen molar-refractivity contribution in [1.82, 2.24) is 15.3 Å². The van der Waals surface area contributed by atoms with Gasteiger partial charge in [-0.1, -0.05) is 29.8 Å². The van der Waals surface area contributed by atoms with Crippen molar-refractivity contribution >= 4 is 52.2 Å². The molecule has 1 amide bonds. The van der Waals surface area contributed by atoms with Gasteiger partial charge < -0.3 is 15.0 Å². The zero-order valence-electron chi connectivity index (χ0n) is 20.9. The van der Waals surface area contributed by atoms with Crippen molar-refractivity contribution < 1.29 is 14.3 Å². The number of hydrogen-bond donors (Lipinski definition) is 1. The molecule has 7 nitrogen and oxygen atoms in total. The van der Waals surface area contributed by atoms with Crippen molar-refractivity contribution in [3.8, 4) is 11.3 Å². The van der Waals surface area contributed by atoms with Gasteiger partial charge in [0.2, 0.25) is 5.91 Å². The molecule has 1 N–H and O–H groups in total. The van der Waals surface area contributed by atoms with Crippen molar-refractivity contribution in [3.63, 3.8) is 0 Å². The Morgan fingerprint density at radius 2 is 1.92 bits per heavy atom. The van der Waals surface area contributed by atoms with Gasteiger partial charge in [-0.25, -0.2) is 9.97 Å². The van der Waals surface area contributed by atoms with Gasteiger partial charge in [0.1, 0.15) is 16.6 Å². The summed E-state index contributed by atoms with van der Waals surface area (Å²) < 4.78 is 5.48. The largest absolute Gasteiger partial charge is 0.378 e. The van der Waals surface area contributed by atoms with Gasteiger partial charge in [-0.3, -0.25) is 9.59 Å². The highest BCUT2D eigenvalue weighted by Crippen LogP contribution is 2.41. The van der Waals surface area contributed by atoms with Crippen LogP contribution < -0.4 is 10.2 Å². The van der Waals surface area contributed by atoms with Crippen LogP contribution in [0.15, 0.2) is 82.5 Å². The first-order valence-corrected chi connectivity index (χ1v) is 14.8. The number of ketones is 1. The van der Waals surface area contributed by atoms with E-state index in [1.165, 1.54) is 23.1 Å². The molecule has 2 atom stereocenters. The number of thiophene rings is 1. The van der Waals surface area contributed by atoms with E-state index in [1.807, 2.05) is 65.4 Å². The van der Waals surface area contributed by atoms with Crippen LogP contribution in [0.5, 0.6) is 0 Å². The highest BCUT2D eigenvalue weighted by Gasteiger charge is 2.48. The van der Waals surface area contributed by atoms with E-state index in [2.05, 4.69) is 15.2 Å². The fourth-order valence-electron chi connectivity index (χ4n) is 4.97. The summed E-state index contributed by atoms with van der Waals surface area (Å²) in [6.45, 7) is 2.91. The molecule has 0 aliphatic carbocycles. The minimum Gasteiger partial charge on any atom is -0.378 e. The molecular formula is C29H25ClN4O3S2. The van der Waals surface area contributed by atoms with Gasteiger partial charge in [-0.15, -0.1) is 11.8 Å². The quantitative estimate of drug-likeness (QED) is 0.316. The predicted octanol–water partition coefficient (Wildman–Crippen LogP) is 5.19. The number of thioether (sulfide) groups is 1. The lowest BCUT2D eigenvalue weighted by Gasteiger charge is -2.39. The number of Topliss-reactive ketones (excluding diaryl/α,β-unsaturated/α-hetero) is 1. The van der Waals surface area contributed by atoms with Crippen molar-refractivity contribution in [2.45, 2.75) is 22.1 Å². The van der Waals surface area contributed by atoms with Crippen LogP contribution in [0, 0.1) is 0 Å². The van der Waals surface area contributed by atoms with E-state index in [0.717, 1.165) is 35.7 Å². The van der Waals surface area contributed by atoms with Crippen molar-refractivity contribution in [1.29, 1.82) is 0 Å². The molecule has 2 fully saturated rings. The number of pyridine rings is 2. The molecule has 0 radical (unpaired) electrons. The topological polar surface area (TPSA) is 84.4 Å². The number of piperidine rings is 1. The Morgan fingerprint density at radius 1 is 1.08 bits per heavy atom. The van der Waals surface area contributed by atoms with Gasteiger partial charge in [0.05, 0.1) is 29.6 Å². The summed E-state index contributed by atoms with van der Waals surface area (Å²) in [5.74, 6) is 0.352. The van der Waals surface area contributed by atoms with Gasteiger partial charge >= 0.3 is 0 Å². The first-order valence-electron chi connectivity index (χ1n) is 12.6. The van der Waals surface area contributed by atoms with Crippen molar-refractivity contribution in [2.75, 3.05) is 31.2 Å². The van der Waals surface area contributed by atoms with Gasteiger partial charge in [0, 0.05) is 36.2 Å². The molecule has 198 valence electrons. The maximum absolute atomic E-state index is 13.6. The third-order valence-electron chi connectivity index (χ3n) is 6.96. The van der Waals surface area contributed by atoms with Crippen LogP contribution in [0.3, 0.4) is 0 Å². The number of halogens is 1. The van der Waals surface area contributed by atoms with Gasteiger partial charge in [-0.05, 0) is 58.8 Å². The number of amides is 1. The second kappa shape index (κ2) is 11.1. The smallest absolute Gasteiger partial charge is 0.242 e. The molecule has 0 bridgehead atoms. The van der Waals surface area contributed by atoms with Gasteiger partial charge in [-0.2, -0.15) is 11.3 Å². The number of carbonyl (C=O) groups excluding carboxylic acids is 2. The second-order valence-electron chi connectivity index (χ2n) is 9.39. The number of benzene rings is 1. The molecule has 3 aromatic heterocycles. The summed E-state index contributed by atoms with van der Waals surface area (Å²) >= 11 is 9.02. The molecule has 6 rings (SSSR count). The third-order valence-corrected chi connectivity index (χ3v) is 9.41. The fourth-order valence-corrected chi connectivity index (χ4v) is 6.94. The van der Waals surface area contributed by atoms with E-state index in [-0.39, 0.29) is 18.1 Å². The number of rotatable bonds is 6. The molecule has 2 saturated heterocycles. The lowest BCUT2D eigenvalue weighted by atomic mass is 9.79. The minimum absolute atomic E-state index is 0.0867. The maximum Gasteiger partial charge on any atom is 0.242 e. The van der Waals surface area contributed by atoms with E-state index in [0.29, 0.717) is 28.8 Å². The number of carbonyl (C=O) groups is 2. The number of ether oxygens (including phenoxy) is 1. The van der Waals surface area contributed by atoms with Crippen LogP contribution in [-0.2, 0) is 19.9 Å². The molecule has 1 aromatic carbocycles. The zero-order chi connectivity index (χ0) is 26.8. The summed E-state index contributed by atoms with van der Waals surface area (Å²) in [6.07, 6.45) is 1.87. The number of aromatic nitrogens is 2. The minimum atomic E-state index is -1.07. The van der Waals surface area contributed by atoms with Gasteiger partial charge in [0.15, 0.2) is 5.78 Å². The summed E-state index contributed by atoms with van der Waals surface area (Å²) in [4.78, 5) is 39.6. The molecule has 2 unspecified atom stereocenters. The Bertz CT molecular complexity index is 1490. The molecule has 2 aliphatic heterocycles. The van der Waals surface area contributed by atoms with E-state index in [4.69, 9.17) is 21.3 Å². The molecule has 0 saturated carbocycles. The van der Waals surface area contributed by atoms with Gasteiger partial charge in [0.25, 0.3) is 0 Å². The number of anilines is 1. The third kappa shape index (κ3) is 5.19. The standard InChI is InChI=1S/C29H25ClN4O3S2/c30-21-4-1-2-6-24(21)39-27-23(35)17-29(33-28(27)36,20-9-15-38-18-20)25-7-3-5-22(32-25)19-8-10-31-26(16-19)34-11-13-37-14-12-34/h1-10,15-16,18,27H,11-14,17H2,(H,33,36). The Hall–Kier alpha value is -3.24. The molecule has 0 spiro atoms. The summed E-state index contributed by atoms with van der Waals surface area (Å²) in [6, 6.07) is 18.9. The summed E-state index contributed by atoms with van der Waals surface area (Å²) in [5.41, 5.74) is 2.04. The van der Waals surface area contributed by atoms with Crippen LogP contribution in [0.1, 0.15) is 17.7 Å². The average molecular weight is 577 g/mol. The molecule has 5 heterocycles. The summed E-state index contributed by atoms with van der Waals surface area (Å²) in [7, 11) is 0. The van der Waals surface area contributed by atoms with E-state index in [1.54, 1.807) is 12.3 Å². The van der Waals surface area contributed by atoms with Crippen LogP contribution in [-0.4, -0.2) is 53.2 Å². The lowest BCUT2D eigenvalue weighted by Crippen LogP contribution is -2.58. The van der Waals surface area contributed by atoms with Crippen molar-refractivity contribution in [3.05, 3.63) is 93.9 Å². The number of nitrogens with zero attached hydrogens (tertiary/aromatic N) is 3. The molecule has 10 heteroatoms. The van der Waals surface area contributed by atoms with Crippen LogP contribution in [0.2, 0.25) is 5.02 Å². The Kier molecular flexibility index (Phi) is 7.40. The number of hydrogen-bond acceptors (Lipinski definition) is 8. The lowest BCUT2D eigenvalue weighted by molar-refractivity contribution is -0.133. The van der Waals surface area contributed by atoms with Crippen LogP contribution >= 0.6 is 34.7 Å². The zero-order valence-corrected chi connectivity index (χ0v) is 23.3. The Morgan fingerprint density at radius 3 is 2.69 bits per heavy atom. The van der Waals surface area contributed by atoms with Crippen LogP contribution in [0.25, 0.3) is 11.3 Å². The first kappa shape index (κ1) is 26.0. The van der Waals surface area contributed by atoms with E-state index in [9.17, 15) is 9.59 Å². The molecular weight excluding hydrogens is 552 g/mol. The summed E-state index contributed by atoms with van der Waals surface area (Å²) in [5, 5.41) is 6.73. The van der Waals surface area contributed by atoms with Crippen LogP contribution in [0.4, 0.5) is 5.82 Å². The SMILES string of the molecule is O=C1CC(c2ccsc2)(c2cccc(-c3ccnc(N4CCOCC4)c3)n2)NC(=O)C1Sc1ccccc1Cl. The molecule has 4 aromatic rings. The Balaban J connectivity index is 1.34. The highest BCUT2D eigenvalue weighted by molar-refractivity contribution is 8.01. The van der Waals surface area contributed by atoms with E-state index < -0.39 is 10.8 Å². The molecule has 2 aliphatic rings. The highest BCUT2D eigenvalue weighted by atomic mass is 35.5. The molecule has 39 heavy (non-hydrogen) atoms. The first-order chi connectivity index (χ1) is 19.0. The number of morpholine rings is 1. The number of nitrogens with one attached hydrogen (secondary N) is 1. The van der Waals surface area contributed by atoms with Crippen molar-refractivity contribution in [2.24, 2.45) is 0 Å². The maximum atomic E-state index is 13.6. The Labute approximate surface area is 239 Å². The monoisotopic (exact) mass is 576 g/mol. The second-order valence-corrected chi connectivity index (χ2v) is 11.7. The fraction of sp³-hybridized carbons (Fsp3) is 0.241. The normalized spacial score (nSPS) is 21.6. The average Bonchev–Trinajstić information content (AvgIpc) is 3.52.